The van der Waals surface area contributed by atoms with Gasteiger partial charge in [-0.15, -0.1) is 0 Å². The molecule has 7 aliphatic heterocycles. The molecule has 25 atom stereocenters. The summed E-state index contributed by atoms with van der Waals surface area (Å²) in [4.78, 5) is 121. The summed E-state index contributed by atoms with van der Waals surface area (Å²) in [6, 6.07) is 0. The van der Waals surface area contributed by atoms with E-state index in [2.05, 4.69) is 26.6 Å². The smallest absolute Gasteiger partial charge is 0.339 e. The second-order valence-corrected chi connectivity index (χ2v) is 32.3. The minimum absolute atomic E-state index is 0.0684. The normalized spacial score (nSPS) is 40.8. The molecule has 12 rings (SSSR count). The van der Waals surface area contributed by atoms with Crippen molar-refractivity contribution in [3.05, 3.63) is 60.8 Å². The predicted octanol–water partition coefficient (Wildman–Crippen LogP) is 2.24. The van der Waals surface area contributed by atoms with Crippen LogP contribution in [0.1, 0.15) is 203 Å². The van der Waals surface area contributed by atoms with E-state index in [1.807, 2.05) is 63.3 Å². The maximum Gasteiger partial charge on any atom is 0.339 e. The number of hydrogen-bond donors (Lipinski definition) is 18. The van der Waals surface area contributed by atoms with E-state index in [9.17, 15) is 104 Å². The summed E-state index contributed by atoms with van der Waals surface area (Å²) >= 11 is 0. The third kappa shape index (κ3) is 14.3. The number of aliphatic hydroxyl groups is 10. The van der Waals surface area contributed by atoms with Crippen molar-refractivity contribution < 1.29 is 124 Å². The van der Waals surface area contributed by atoms with Crippen LogP contribution in [0.5, 0.6) is 0 Å². The van der Waals surface area contributed by atoms with Gasteiger partial charge in [0.25, 0.3) is 0 Å². The Morgan fingerprint density at radius 1 is 0.380 bits per heavy atom. The van der Waals surface area contributed by atoms with Crippen LogP contribution in [0.25, 0.3) is 0 Å². The fourth-order valence-corrected chi connectivity index (χ4v) is 19.5. The van der Waals surface area contributed by atoms with Gasteiger partial charge in [-0.1, -0.05) is 101 Å². The quantitative estimate of drug-likeness (QED) is 0.0515. The lowest BCUT2D eigenvalue weighted by atomic mass is 9.64. The van der Waals surface area contributed by atoms with Crippen LogP contribution in [0, 0.1) is 59.2 Å². The summed E-state index contributed by atoms with van der Waals surface area (Å²) in [6.45, 7) is 12.6. The maximum atomic E-state index is 12.3. The molecule has 0 aromatic carbocycles. The van der Waals surface area contributed by atoms with Gasteiger partial charge in [0, 0.05) is 42.8 Å². The summed E-state index contributed by atoms with van der Waals surface area (Å²) < 4.78 is 10.7. The SMILES string of the molecule is CCC[C@H]1C(=O)N[C@@]2([C@H](O)[C@@H]3C=CCCC3)C(=O)O[C@@]12C.CCC[C@H]1C(=O)N[C@](C(=O)O)([C@H](O)[C@@H]2C=CCCC2)[C@@]1(C)O.CCC[C@H]1C(=O)N[C@](C(=O)O)([C@H](O)[C@@H]2C=CCCC2)[C@@]1(C)O.C[C@@]12OC(=O)[C@]1([C@H](O)[C@@H]1C=CCCC1)NC(=O)[C@@H]2CCO.C[C@]1(O)[C@@H](CCO)C(=O)N[C@]1(C(=O)O)[C@H](O)[C@@H]1C=CCCC1. The molecular weight excluding hydrogens is 1410 g/mol. The Kier molecular flexibility index (Phi) is 27.2. The van der Waals surface area contributed by atoms with E-state index in [4.69, 9.17) is 19.7 Å². The van der Waals surface area contributed by atoms with Crippen molar-refractivity contribution in [3.63, 3.8) is 0 Å². The van der Waals surface area contributed by atoms with Gasteiger partial charge in [-0.25, -0.2) is 24.0 Å². The molecule has 0 aromatic rings. The Morgan fingerprint density at radius 2 is 0.602 bits per heavy atom. The molecular formula is C78H117N5O25. The first kappa shape index (κ1) is 86.6. The zero-order valence-electron chi connectivity index (χ0n) is 63.3. The number of carboxylic acid groups (broad SMARTS) is 3. The molecule has 12 aliphatic rings. The zero-order chi connectivity index (χ0) is 80.1. The molecule has 7 fully saturated rings. The van der Waals surface area contributed by atoms with E-state index in [-0.39, 0.29) is 55.6 Å². The van der Waals surface area contributed by atoms with Crippen molar-refractivity contribution in [1.82, 2.24) is 26.6 Å². The number of carbonyl (C=O) groups is 10. The van der Waals surface area contributed by atoms with Crippen LogP contribution < -0.4 is 26.6 Å². The standard InChI is InChI=1S/2C16H25NO5.C16H23NO4.C15H23NO6.C15H21NO5/c2*1-3-7-11-13(19)17-16(14(20)21,15(11,2)22)12(18)10-8-5-4-6-9-10;1-3-7-11-13(19)17-16(14(20)21-15(11,16)2)12(18)10-8-5-4-6-9-10;1-14(22)10(7-8-17)12(19)16-15(14,13(20)21)11(18)9-5-3-2-4-6-9;1-14-10(7-8-17)12(19)16-15(14,13(20)21-14)11(18)9-5-3-2-4-6-9/h2*5,8,10-12,18,22H,3-4,6-7,9H2,1-2H3,(H,17,19)(H,20,21);5,8,10-12,18H,3-4,6-7,9H2,1-2H3,(H,17,19);3,5,9-11,17-18,22H,2,4,6-8H2,1H3,(H,16,19)(H,20,21);3,5,9-11,17-18H,2,4,6-8H2,1H3,(H,16,19)/t3*10-,11+,12-,15+,16+;2*9-,10+,11-,14+,15+/m11111/s1. The minimum atomic E-state index is -2.18. The van der Waals surface area contributed by atoms with Crippen molar-refractivity contribution in [3.8, 4) is 0 Å². The van der Waals surface area contributed by atoms with Crippen LogP contribution in [0.2, 0.25) is 0 Å². The third-order valence-electron chi connectivity index (χ3n) is 26.0. The lowest BCUT2D eigenvalue weighted by Gasteiger charge is -2.54. The number of hydrogen-bond acceptors (Lipinski definition) is 22. The molecule has 7 saturated heterocycles. The topological polar surface area (TPSA) is 512 Å². The fourth-order valence-electron chi connectivity index (χ4n) is 19.5. The monoisotopic (exact) mass is 1520 g/mol. The Hall–Kier alpha value is -7.00. The van der Waals surface area contributed by atoms with Crippen LogP contribution in [0.15, 0.2) is 60.8 Å². The van der Waals surface area contributed by atoms with E-state index in [0.29, 0.717) is 51.4 Å². The van der Waals surface area contributed by atoms with Gasteiger partial charge >= 0.3 is 29.8 Å². The highest BCUT2D eigenvalue weighted by atomic mass is 16.6. The summed E-state index contributed by atoms with van der Waals surface area (Å²) in [5.41, 5.74) is -16.7. The van der Waals surface area contributed by atoms with Crippen LogP contribution >= 0.6 is 0 Å². The number of carboxylic acids is 3. The summed E-state index contributed by atoms with van der Waals surface area (Å²) in [5, 5.41) is 146. The molecule has 0 radical (unpaired) electrons. The average Bonchev–Trinajstić information content (AvgIpc) is 1.39. The van der Waals surface area contributed by atoms with Crippen molar-refractivity contribution in [2.75, 3.05) is 13.2 Å². The van der Waals surface area contributed by atoms with Crippen molar-refractivity contribution in [1.29, 1.82) is 0 Å². The Balaban J connectivity index is 0.000000170. The number of aliphatic hydroxyl groups excluding tert-OH is 7. The van der Waals surface area contributed by atoms with E-state index < -0.39 is 175 Å². The molecule has 0 bridgehead atoms. The maximum absolute atomic E-state index is 12.3. The molecule has 5 amide bonds. The molecule has 0 aromatic heterocycles. The largest absolute Gasteiger partial charge is 0.479 e. The van der Waals surface area contributed by atoms with Crippen LogP contribution in [0.3, 0.4) is 0 Å². The molecule has 18 N–H and O–H groups in total. The van der Waals surface area contributed by atoms with E-state index in [0.717, 1.165) is 83.5 Å². The molecule has 7 heterocycles. The Labute approximate surface area is 629 Å². The number of rotatable bonds is 23. The van der Waals surface area contributed by atoms with Crippen LogP contribution in [-0.4, -0.2) is 225 Å². The number of amides is 5. The zero-order valence-corrected chi connectivity index (χ0v) is 63.3. The lowest BCUT2D eigenvalue weighted by molar-refractivity contribution is -0.239. The number of ether oxygens (including phenoxy) is 2. The Morgan fingerprint density at radius 3 is 0.824 bits per heavy atom. The number of nitrogens with one attached hydrogen (secondary N) is 5. The van der Waals surface area contributed by atoms with Gasteiger partial charge in [-0.2, -0.15) is 0 Å². The molecule has 0 unspecified atom stereocenters. The number of fused-ring (bicyclic) bond motifs is 2. The van der Waals surface area contributed by atoms with Gasteiger partial charge in [0.05, 0.1) is 60.1 Å². The first-order valence-corrected chi connectivity index (χ1v) is 38.7. The molecule has 30 nitrogen and oxygen atoms in total. The summed E-state index contributed by atoms with van der Waals surface area (Å²) in [7, 11) is 0. The fraction of sp³-hybridized carbons (Fsp3) is 0.744. The Bertz CT molecular complexity index is 3200. The van der Waals surface area contributed by atoms with Crippen LogP contribution in [0.4, 0.5) is 0 Å². The number of aliphatic carboxylic acids is 3. The molecule has 0 saturated carbocycles. The van der Waals surface area contributed by atoms with E-state index in [1.165, 1.54) is 20.8 Å². The second-order valence-electron chi connectivity index (χ2n) is 32.3. The van der Waals surface area contributed by atoms with Gasteiger partial charge < -0.3 is 102 Å². The van der Waals surface area contributed by atoms with Gasteiger partial charge in [0.2, 0.25) is 40.6 Å². The van der Waals surface area contributed by atoms with Crippen molar-refractivity contribution in [2.45, 2.75) is 289 Å². The minimum Gasteiger partial charge on any atom is -0.479 e. The highest BCUT2D eigenvalue weighted by Gasteiger charge is 2.81. The third-order valence-corrected chi connectivity index (χ3v) is 26.0. The first-order valence-electron chi connectivity index (χ1n) is 38.7. The van der Waals surface area contributed by atoms with Gasteiger partial charge in [-0.05, 0) is 163 Å². The lowest BCUT2D eigenvalue weighted by Crippen LogP contribution is -2.80. The average molecular weight is 1520 g/mol. The van der Waals surface area contributed by atoms with Gasteiger partial charge in [0.1, 0.15) is 16.8 Å². The second kappa shape index (κ2) is 33.9. The number of carbonyl (C=O) groups excluding carboxylic acids is 7. The summed E-state index contributed by atoms with van der Waals surface area (Å²) in [5.74, 6) is -12.8. The molecule has 108 heavy (non-hydrogen) atoms. The number of allylic oxidation sites excluding steroid dienone is 5. The van der Waals surface area contributed by atoms with E-state index >= 15 is 0 Å². The highest BCUT2D eigenvalue weighted by Crippen LogP contribution is 2.56. The van der Waals surface area contributed by atoms with Crippen molar-refractivity contribution in [2.24, 2.45) is 59.2 Å². The molecule has 604 valence electrons. The molecule has 30 heteroatoms. The molecule has 5 aliphatic carbocycles. The van der Waals surface area contributed by atoms with E-state index in [1.54, 1.807) is 32.1 Å². The van der Waals surface area contributed by atoms with Gasteiger partial charge in [0.15, 0.2) is 27.8 Å². The van der Waals surface area contributed by atoms with Gasteiger partial charge in [-0.3, -0.25) is 24.0 Å². The molecule has 0 spiro atoms. The predicted molar refractivity (Wildman–Crippen MR) is 386 cm³/mol. The summed E-state index contributed by atoms with van der Waals surface area (Å²) in [6.07, 6.45) is 29.0. The first-order chi connectivity index (χ1) is 50.8. The van der Waals surface area contributed by atoms with Crippen molar-refractivity contribution >= 4 is 59.4 Å². The highest BCUT2D eigenvalue weighted by molar-refractivity contribution is 6.03. The number of esters is 2. The van der Waals surface area contributed by atoms with Crippen LogP contribution in [-0.2, 0) is 57.4 Å².